The Morgan fingerprint density at radius 2 is 1.79 bits per heavy atom. The second-order valence-corrected chi connectivity index (χ2v) is 10.6. The minimum atomic E-state index is -0.691. The molecule has 5 rings (SSSR count). The zero-order valence-electron chi connectivity index (χ0n) is 21.9. The van der Waals surface area contributed by atoms with Gasteiger partial charge >= 0.3 is 5.97 Å². The molecule has 6 nitrogen and oxygen atoms in total. The molecule has 0 amide bonds. The zero-order chi connectivity index (χ0) is 27.4. The number of thioether (sulfide) groups is 1. The predicted molar refractivity (Wildman–Crippen MR) is 157 cm³/mol. The van der Waals surface area contributed by atoms with Gasteiger partial charge in [0.15, 0.2) is 4.80 Å². The highest BCUT2D eigenvalue weighted by Crippen LogP contribution is 2.35. The van der Waals surface area contributed by atoms with Crippen molar-refractivity contribution < 1.29 is 14.3 Å². The standard InChI is InChI=1S/C31H28N2O4S2/c1-4-36-23-13-9-10-20(18-23)19-25-29(34)33-28(22-14-16-24(38-3)17-15-22)26(30(35)37-5-2)27(32-31(33)39-25)21-11-7-6-8-12-21/h6-19,28H,4-5H2,1-3H3/b25-19-/t28-/m1/s1. The van der Waals surface area contributed by atoms with Crippen LogP contribution in [-0.4, -0.2) is 30.0 Å². The number of nitrogens with zero attached hydrogens (tertiary/aromatic N) is 2. The van der Waals surface area contributed by atoms with Crippen molar-refractivity contribution in [1.29, 1.82) is 0 Å². The molecule has 0 fully saturated rings. The van der Waals surface area contributed by atoms with Crippen LogP contribution in [0.2, 0.25) is 0 Å². The van der Waals surface area contributed by atoms with Gasteiger partial charge in [-0.25, -0.2) is 9.79 Å². The van der Waals surface area contributed by atoms with Gasteiger partial charge in [-0.1, -0.05) is 65.9 Å². The molecule has 0 unspecified atom stereocenters. The van der Waals surface area contributed by atoms with E-state index in [0.717, 1.165) is 27.3 Å². The van der Waals surface area contributed by atoms with Crippen LogP contribution in [0.1, 0.15) is 36.6 Å². The third-order valence-electron chi connectivity index (χ3n) is 6.27. The summed E-state index contributed by atoms with van der Waals surface area (Å²) in [6.07, 6.45) is 3.85. The lowest BCUT2D eigenvalue weighted by molar-refractivity contribution is -0.138. The fourth-order valence-corrected chi connectivity index (χ4v) is 5.96. The maximum absolute atomic E-state index is 14.0. The van der Waals surface area contributed by atoms with E-state index in [4.69, 9.17) is 14.5 Å². The van der Waals surface area contributed by atoms with E-state index in [9.17, 15) is 9.59 Å². The van der Waals surface area contributed by atoms with Crippen LogP contribution in [-0.2, 0) is 9.53 Å². The van der Waals surface area contributed by atoms with Crippen LogP contribution < -0.4 is 19.6 Å². The molecule has 8 heteroatoms. The van der Waals surface area contributed by atoms with E-state index in [1.165, 1.54) is 11.3 Å². The van der Waals surface area contributed by atoms with Crippen molar-refractivity contribution in [1.82, 2.24) is 4.57 Å². The summed E-state index contributed by atoms with van der Waals surface area (Å²) in [6.45, 7) is 4.47. The van der Waals surface area contributed by atoms with E-state index in [2.05, 4.69) is 0 Å². The van der Waals surface area contributed by atoms with Gasteiger partial charge in [-0.05, 0) is 61.6 Å². The number of hydrogen-bond donors (Lipinski definition) is 0. The Morgan fingerprint density at radius 3 is 2.49 bits per heavy atom. The topological polar surface area (TPSA) is 69.9 Å². The summed E-state index contributed by atoms with van der Waals surface area (Å²) in [6, 6.07) is 24.4. The van der Waals surface area contributed by atoms with Gasteiger partial charge in [0.2, 0.25) is 0 Å². The van der Waals surface area contributed by atoms with Crippen molar-refractivity contribution in [3.8, 4) is 5.75 Å². The Balaban J connectivity index is 1.78. The average molecular weight is 557 g/mol. The van der Waals surface area contributed by atoms with E-state index in [1.54, 1.807) is 23.3 Å². The monoisotopic (exact) mass is 556 g/mol. The van der Waals surface area contributed by atoms with Gasteiger partial charge in [0.1, 0.15) is 5.75 Å². The van der Waals surface area contributed by atoms with Gasteiger partial charge in [0, 0.05) is 10.5 Å². The first kappa shape index (κ1) is 26.7. The maximum atomic E-state index is 14.0. The van der Waals surface area contributed by atoms with Gasteiger partial charge < -0.3 is 9.47 Å². The largest absolute Gasteiger partial charge is 0.494 e. The first-order valence-corrected chi connectivity index (χ1v) is 14.7. The molecule has 3 aromatic carbocycles. The van der Waals surface area contributed by atoms with E-state index in [-0.39, 0.29) is 12.2 Å². The molecule has 0 N–H and O–H groups in total. The molecular weight excluding hydrogens is 528 g/mol. The predicted octanol–water partition coefficient (Wildman–Crippen LogP) is 5.06. The zero-order valence-corrected chi connectivity index (χ0v) is 23.6. The van der Waals surface area contributed by atoms with Crippen LogP contribution in [0.3, 0.4) is 0 Å². The van der Waals surface area contributed by atoms with Gasteiger partial charge in [-0.2, -0.15) is 0 Å². The van der Waals surface area contributed by atoms with E-state index in [1.807, 2.05) is 98.1 Å². The summed E-state index contributed by atoms with van der Waals surface area (Å²) in [5, 5.41) is 0. The van der Waals surface area contributed by atoms with Crippen LogP contribution in [0.25, 0.3) is 11.8 Å². The number of ether oxygens (including phenoxy) is 2. The molecule has 2 heterocycles. The average Bonchev–Trinajstić information content (AvgIpc) is 3.27. The second kappa shape index (κ2) is 11.9. The molecule has 0 saturated heterocycles. The van der Waals surface area contributed by atoms with Crippen molar-refractivity contribution in [3.63, 3.8) is 0 Å². The molecular formula is C31H28N2O4S2. The second-order valence-electron chi connectivity index (χ2n) is 8.71. The van der Waals surface area contributed by atoms with Crippen LogP contribution in [0, 0.1) is 0 Å². The van der Waals surface area contributed by atoms with Crippen molar-refractivity contribution in [2.45, 2.75) is 24.8 Å². The Kier molecular flexibility index (Phi) is 8.14. The Hall–Kier alpha value is -3.88. The maximum Gasteiger partial charge on any atom is 0.338 e. The number of carbonyl (C=O) groups is 1. The highest BCUT2D eigenvalue weighted by atomic mass is 32.2. The molecule has 0 bridgehead atoms. The third kappa shape index (κ3) is 5.48. The Labute approximate surface area is 235 Å². The number of benzene rings is 3. The molecule has 0 aliphatic carbocycles. The molecule has 0 saturated carbocycles. The van der Waals surface area contributed by atoms with Gasteiger partial charge in [-0.15, -0.1) is 11.8 Å². The molecule has 0 spiro atoms. The van der Waals surface area contributed by atoms with Crippen molar-refractivity contribution in [3.05, 3.63) is 121 Å². The molecule has 1 aliphatic rings. The fraction of sp³-hybridized carbons (Fsp3) is 0.194. The molecule has 1 aromatic heterocycles. The molecule has 0 radical (unpaired) electrons. The summed E-state index contributed by atoms with van der Waals surface area (Å²) in [5.74, 6) is 0.250. The lowest BCUT2D eigenvalue weighted by Gasteiger charge is -2.26. The quantitative estimate of drug-likeness (QED) is 0.224. The Morgan fingerprint density at radius 1 is 1.03 bits per heavy atom. The van der Waals surface area contributed by atoms with E-state index < -0.39 is 12.0 Å². The number of esters is 1. The number of hydrogen-bond acceptors (Lipinski definition) is 7. The van der Waals surface area contributed by atoms with Gasteiger partial charge in [0.25, 0.3) is 5.56 Å². The van der Waals surface area contributed by atoms with Crippen molar-refractivity contribution in [2.75, 3.05) is 19.5 Å². The first-order chi connectivity index (χ1) is 19.0. The highest BCUT2D eigenvalue weighted by molar-refractivity contribution is 7.98. The fourth-order valence-electron chi connectivity index (χ4n) is 4.55. The number of rotatable bonds is 8. The number of fused-ring (bicyclic) bond motifs is 1. The van der Waals surface area contributed by atoms with E-state index >= 15 is 0 Å². The number of thiazole rings is 1. The van der Waals surface area contributed by atoms with Crippen LogP contribution in [0.4, 0.5) is 0 Å². The summed E-state index contributed by atoms with van der Waals surface area (Å²) in [7, 11) is 0. The SMILES string of the molecule is CCOC(=O)C1=C(c2ccccc2)N=c2s/c(=C\c3cccc(OCC)c3)c(=O)n2[C@@H]1c1ccc(SC)cc1. The lowest BCUT2D eigenvalue weighted by atomic mass is 9.93. The third-order valence-corrected chi connectivity index (χ3v) is 8.00. The summed E-state index contributed by atoms with van der Waals surface area (Å²) >= 11 is 2.94. The van der Waals surface area contributed by atoms with Crippen molar-refractivity contribution >= 4 is 40.8 Å². The highest BCUT2D eigenvalue weighted by Gasteiger charge is 2.35. The van der Waals surface area contributed by atoms with Gasteiger partial charge in [0.05, 0.1) is 35.1 Å². The minimum absolute atomic E-state index is 0.211. The molecule has 1 aliphatic heterocycles. The minimum Gasteiger partial charge on any atom is -0.494 e. The Bertz CT molecular complexity index is 1700. The van der Waals surface area contributed by atoms with E-state index in [0.29, 0.717) is 27.2 Å². The number of aromatic nitrogens is 1. The van der Waals surface area contributed by atoms with Crippen LogP contribution >= 0.6 is 23.1 Å². The smallest absolute Gasteiger partial charge is 0.338 e. The van der Waals surface area contributed by atoms with Gasteiger partial charge in [-0.3, -0.25) is 9.36 Å². The molecule has 39 heavy (non-hydrogen) atoms. The summed E-state index contributed by atoms with van der Waals surface area (Å²) in [4.78, 5) is 34.0. The first-order valence-electron chi connectivity index (χ1n) is 12.7. The molecule has 1 atom stereocenters. The summed E-state index contributed by atoms with van der Waals surface area (Å²) < 4.78 is 13.3. The summed E-state index contributed by atoms with van der Waals surface area (Å²) in [5.41, 5.74) is 3.09. The lowest BCUT2D eigenvalue weighted by Crippen LogP contribution is -2.40. The van der Waals surface area contributed by atoms with Crippen LogP contribution in [0.15, 0.2) is 99.1 Å². The number of carbonyl (C=O) groups excluding carboxylic acids is 1. The molecule has 4 aromatic rings. The molecule has 198 valence electrons. The van der Waals surface area contributed by atoms with Crippen LogP contribution in [0.5, 0.6) is 5.75 Å². The van der Waals surface area contributed by atoms with Crippen molar-refractivity contribution in [2.24, 2.45) is 4.99 Å². The normalized spacial score (nSPS) is 15.1.